The Labute approximate surface area is 106 Å². The lowest BCUT2D eigenvalue weighted by Gasteiger charge is -2.08. The Bertz CT molecular complexity index is 559. The van der Waals surface area contributed by atoms with Gasteiger partial charge in [0.1, 0.15) is 0 Å². The summed E-state index contributed by atoms with van der Waals surface area (Å²) in [6.45, 7) is 1.94. The molecule has 0 heterocycles. The van der Waals surface area contributed by atoms with Crippen LogP contribution in [-0.4, -0.2) is 11.1 Å². The van der Waals surface area contributed by atoms with Crippen molar-refractivity contribution < 1.29 is 9.90 Å². The molecule has 2 rings (SSSR count). The molecule has 0 fully saturated rings. The molecule has 2 aromatic carbocycles. The molecule has 0 spiro atoms. The number of nitrogens with two attached hydrogens (primary N) is 1. The van der Waals surface area contributed by atoms with Gasteiger partial charge in [-0.3, -0.25) is 0 Å². The van der Waals surface area contributed by atoms with Gasteiger partial charge >= 0.3 is 5.97 Å². The molecule has 0 aromatic heterocycles. The standard InChI is InChI=1S/C15H15NO2/c1-10(16)13-3-2-4-14(9-13)11-5-7-12(8-6-11)15(17)18/h2-10H,16H2,1H3,(H,17,18). The summed E-state index contributed by atoms with van der Waals surface area (Å²) in [5.41, 5.74) is 9.24. The molecule has 18 heavy (non-hydrogen) atoms. The van der Waals surface area contributed by atoms with E-state index in [-0.39, 0.29) is 6.04 Å². The Kier molecular flexibility index (Phi) is 3.44. The van der Waals surface area contributed by atoms with E-state index in [1.54, 1.807) is 12.1 Å². The lowest BCUT2D eigenvalue weighted by atomic mass is 9.99. The van der Waals surface area contributed by atoms with E-state index < -0.39 is 5.97 Å². The Morgan fingerprint density at radius 1 is 1.11 bits per heavy atom. The minimum atomic E-state index is -0.911. The van der Waals surface area contributed by atoms with Crippen molar-refractivity contribution in [3.05, 3.63) is 59.7 Å². The van der Waals surface area contributed by atoms with Crippen LogP contribution in [-0.2, 0) is 0 Å². The second-order valence-corrected chi connectivity index (χ2v) is 4.30. The fourth-order valence-electron chi connectivity index (χ4n) is 1.81. The van der Waals surface area contributed by atoms with E-state index in [9.17, 15) is 4.79 Å². The lowest BCUT2D eigenvalue weighted by Crippen LogP contribution is -2.04. The SMILES string of the molecule is CC(N)c1cccc(-c2ccc(C(=O)O)cc2)c1. The van der Waals surface area contributed by atoms with E-state index in [1.807, 2.05) is 43.3 Å². The van der Waals surface area contributed by atoms with Gasteiger partial charge < -0.3 is 10.8 Å². The zero-order valence-corrected chi connectivity index (χ0v) is 10.1. The second kappa shape index (κ2) is 5.02. The van der Waals surface area contributed by atoms with Crippen molar-refractivity contribution >= 4 is 5.97 Å². The van der Waals surface area contributed by atoms with Gasteiger partial charge in [-0.05, 0) is 41.8 Å². The number of benzene rings is 2. The number of rotatable bonds is 3. The summed E-state index contributed by atoms with van der Waals surface area (Å²) < 4.78 is 0. The number of hydrogen-bond donors (Lipinski definition) is 2. The van der Waals surface area contributed by atoms with E-state index in [0.717, 1.165) is 16.7 Å². The van der Waals surface area contributed by atoms with Gasteiger partial charge in [0, 0.05) is 6.04 Å². The predicted octanol–water partition coefficient (Wildman–Crippen LogP) is 3.07. The van der Waals surface area contributed by atoms with E-state index in [1.165, 1.54) is 0 Å². The van der Waals surface area contributed by atoms with Crippen LogP contribution in [0.1, 0.15) is 28.9 Å². The fourth-order valence-corrected chi connectivity index (χ4v) is 1.81. The summed E-state index contributed by atoms with van der Waals surface area (Å²) in [5, 5.41) is 8.85. The van der Waals surface area contributed by atoms with Crippen molar-refractivity contribution in [2.45, 2.75) is 13.0 Å². The summed E-state index contributed by atoms with van der Waals surface area (Å²) in [5.74, 6) is -0.911. The molecule has 0 radical (unpaired) electrons. The second-order valence-electron chi connectivity index (χ2n) is 4.30. The molecular formula is C15H15NO2. The van der Waals surface area contributed by atoms with Crippen LogP contribution in [0.25, 0.3) is 11.1 Å². The summed E-state index contributed by atoms with van der Waals surface area (Å²) in [6.07, 6.45) is 0. The highest BCUT2D eigenvalue weighted by Gasteiger charge is 2.05. The van der Waals surface area contributed by atoms with Crippen molar-refractivity contribution in [1.82, 2.24) is 0 Å². The summed E-state index contributed by atoms with van der Waals surface area (Å²) in [6, 6.07) is 14.8. The molecule has 3 nitrogen and oxygen atoms in total. The largest absolute Gasteiger partial charge is 0.478 e. The molecule has 92 valence electrons. The van der Waals surface area contributed by atoms with Crippen LogP contribution in [0.2, 0.25) is 0 Å². The van der Waals surface area contributed by atoms with Crippen molar-refractivity contribution in [3.8, 4) is 11.1 Å². The van der Waals surface area contributed by atoms with Gasteiger partial charge in [0.05, 0.1) is 5.56 Å². The third-order valence-corrected chi connectivity index (χ3v) is 2.88. The van der Waals surface area contributed by atoms with E-state index in [0.29, 0.717) is 5.56 Å². The minimum Gasteiger partial charge on any atom is -0.478 e. The van der Waals surface area contributed by atoms with E-state index >= 15 is 0 Å². The molecule has 0 aliphatic heterocycles. The van der Waals surface area contributed by atoms with Crippen LogP contribution in [0.4, 0.5) is 0 Å². The molecule has 2 aromatic rings. The van der Waals surface area contributed by atoms with Crippen LogP contribution in [0.15, 0.2) is 48.5 Å². The van der Waals surface area contributed by atoms with Crippen LogP contribution in [0.5, 0.6) is 0 Å². The Hall–Kier alpha value is -2.13. The van der Waals surface area contributed by atoms with Gasteiger partial charge in [0.2, 0.25) is 0 Å². The number of carbonyl (C=O) groups is 1. The quantitative estimate of drug-likeness (QED) is 0.868. The third kappa shape index (κ3) is 2.57. The number of carboxylic acid groups (broad SMARTS) is 1. The first kappa shape index (κ1) is 12.3. The van der Waals surface area contributed by atoms with Crippen molar-refractivity contribution in [2.24, 2.45) is 5.73 Å². The molecule has 0 saturated heterocycles. The first-order valence-corrected chi connectivity index (χ1v) is 5.77. The maximum absolute atomic E-state index is 10.8. The summed E-state index contributed by atoms with van der Waals surface area (Å²) >= 11 is 0. The molecule has 0 aliphatic carbocycles. The zero-order chi connectivity index (χ0) is 13.1. The highest BCUT2D eigenvalue weighted by Crippen LogP contribution is 2.23. The van der Waals surface area contributed by atoms with Gasteiger partial charge in [0.15, 0.2) is 0 Å². The average Bonchev–Trinajstić information content (AvgIpc) is 2.39. The topological polar surface area (TPSA) is 63.3 Å². The maximum Gasteiger partial charge on any atom is 0.335 e. The van der Waals surface area contributed by atoms with Crippen LogP contribution in [0.3, 0.4) is 0 Å². The average molecular weight is 241 g/mol. The van der Waals surface area contributed by atoms with Gasteiger partial charge in [-0.1, -0.05) is 30.3 Å². The van der Waals surface area contributed by atoms with Gasteiger partial charge in [-0.2, -0.15) is 0 Å². The van der Waals surface area contributed by atoms with Gasteiger partial charge in [-0.15, -0.1) is 0 Å². The molecule has 1 atom stereocenters. The summed E-state index contributed by atoms with van der Waals surface area (Å²) in [7, 11) is 0. The molecule has 0 bridgehead atoms. The molecular weight excluding hydrogens is 226 g/mol. The van der Waals surface area contributed by atoms with Crippen LogP contribution >= 0.6 is 0 Å². The highest BCUT2D eigenvalue weighted by molar-refractivity contribution is 5.88. The minimum absolute atomic E-state index is 0.0109. The first-order valence-electron chi connectivity index (χ1n) is 5.77. The number of aromatic carboxylic acids is 1. The Morgan fingerprint density at radius 3 is 2.33 bits per heavy atom. The fraction of sp³-hybridized carbons (Fsp3) is 0.133. The van der Waals surface area contributed by atoms with Crippen molar-refractivity contribution in [2.75, 3.05) is 0 Å². The lowest BCUT2D eigenvalue weighted by molar-refractivity contribution is 0.0697. The monoisotopic (exact) mass is 241 g/mol. The maximum atomic E-state index is 10.8. The Morgan fingerprint density at radius 2 is 1.78 bits per heavy atom. The highest BCUT2D eigenvalue weighted by atomic mass is 16.4. The molecule has 0 aliphatic rings. The molecule has 3 heteroatoms. The molecule has 3 N–H and O–H groups in total. The number of carboxylic acids is 1. The summed E-state index contributed by atoms with van der Waals surface area (Å²) in [4.78, 5) is 10.8. The molecule has 0 saturated carbocycles. The number of hydrogen-bond acceptors (Lipinski definition) is 2. The Balaban J connectivity index is 2.36. The first-order chi connectivity index (χ1) is 8.58. The van der Waals surface area contributed by atoms with Crippen LogP contribution in [0, 0.1) is 0 Å². The van der Waals surface area contributed by atoms with Crippen molar-refractivity contribution in [1.29, 1.82) is 0 Å². The molecule has 0 amide bonds. The van der Waals surface area contributed by atoms with E-state index in [2.05, 4.69) is 0 Å². The van der Waals surface area contributed by atoms with Crippen LogP contribution < -0.4 is 5.73 Å². The van der Waals surface area contributed by atoms with E-state index in [4.69, 9.17) is 10.8 Å². The van der Waals surface area contributed by atoms with Gasteiger partial charge in [-0.25, -0.2) is 4.79 Å². The molecule has 1 unspecified atom stereocenters. The normalized spacial score (nSPS) is 12.1. The van der Waals surface area contributed by atoms with Crippen molar-refractivity contribution in [3.63, 3.8) is 0 Å². The zero-order valence-electron chi connectivity index (χ0n) is 10.1. The predicted molar refractivity (Wildman–Crippen MR) is 71.4 cm³/mol. The van der Waals surface area contributed by atoms with Gasteiger partial charge in [0.25, 0.3) is 0 Å². The third-order valence-electron chi connectivity index (χ3n) is 2.88. The smallest absolute Gasteiger partial charge is 0.335 e.